The summed E-state index contributed by atoms with van der Waals surface area (Å²) in [6.07, 6.45) is 7.40. The first-order valence-corrected chi connectivity index (χ1v) is 7.67. The summed E-state index contributed by atoms with van der Waals surface area (Å²) in [5, 5.41) is 4.27. The maximum Gasteiger partial charge on any atom is 0.179 e. The topological polar surface area (TPSA) is 29.1 Å². The molecule has 3 unspecified atom stereocenters. The molecule has 3 rings (SSSR count). The van der Waals surface area contributed by atoms with Crippen LogP contribution in [-0.4, -0.2) is 17.9 Å². The van der Waals surface area contributed by atoms with Gasteiger partial charge in [0.1, 0.15) is 0 Å². The molecule has 2 nitrogen and oxygen atoms in total. The maximum atomic E-state index is 12.5. The highest BCUT2D eigenvalue weighted by molar-refractivity contribution is 6.30. The van der Waals surface area contributed by atoms with Crippen molar-refractivity contribution in [2.24, 2.45) is 5.92 Å². The largest absolute Gasteiger partial charge is 0.304 e. The van der Waals surface area contributed by atoms with Crippen LogP contribution in [0, 0.1) is 5.92 Å². The van der Waals surface area contributed by atoms with Gasteiger partial charge >= 0.3 is 0 Å². The molecule has 3 atom stereocenters. The molecule has 3 heteroatoms. The van der Waals surface area contributed by atoms with Gasteiger partial charge in [-0.2, -0.15) is 0 Å². The zero-order valence-corrected chi connectivity index (χ0v) is 11.8. The number of carbonyl (C=O) groups is 1. The van der Waals surface area contributed by atoms with Crippen molar-refractivity contribution in [1.82, 2.24) is 5.32 Å². The Morgan fingerprint density at radius 1 is 1.05 bits per heavy atom. The average molecular weight is 278 g/mol. The van der Waals surface area contributed by atoms with Crippen LogP contribution in [0.3, 0.4) is 0 Å². The summed E-state index contributed by atoms with van der Waals surface area (Å²) in [6.45, 7) is 0. The van der Waals surface area contributed by atoms with Gasteiger partial charge < -0.3 is 5.32 Å². The maximum absolute atomic E-state index is 12.5. The van der Waals surface area contributed by atoms with Crippen LogP contribution >= 0.6 is 11.6 Å². The van der Waals surface area contributed by atoms with E-state index in [4.69, 9.17) is 11.6 Å². The molecule has 0 bridgehead atoms. The van der Waals surface area contributed by atoms with Gasteiger partial charge in [0, 0.05) is 16.6 Å². The van der Waals surface area contributed by atoms with Gasteiger partial charge in [0.05, 0.1) is 6.04 Å². The second-order valence-electron chi connectivity index (χ2n) is 5.82. The normalized spacial score (nSPS) is 30.7. The molecule has 0 radical (unpaired) electrons. The quantitative estimate of drug-likeness (QED) is 0.833. The third-order valence-electron chi connectivity index (χ3n) is 4.60. The van der Waals surface area contributed by atoms with Gasteiger partial charge in [-0.3, -0.25) is 4.79 Å². The Hall–Kier alpha value is -0.860. The van der Waals surface area contributed by atoms with Crippen molar-refractivity contribution < 1.29 is 4.79 Å². The first-order valence-electron chi connectivity index (χ1n) is 7.30. The smallest absolute Gasteiger partial charge is 0.179 e. The summed E-state index contributed by atoms with van der Waals surface area (Å²) >= 11 is 5.87. The zero-order chi connectivity index (χ0) is 13.2. The minimum Gasteiger partial charge on any atom is -0.304 e. The number of Topliss-reactive ketones (excluding diaryl/α,β-unsaturated/α-hetero) is 1. The lowest BCUT2D eigenvalue weighted by Crippen LogP contribution is -2.52. The number of carbonyl (C=O) groups excluding carboxylic acids is 1. The molecule has 0 amide bonds. The lowest BCUT2D eigenvalue weighted by molar-refractivity contribution is 0.0861. The number of ketones is 1. The lowest BCUT2D eigenvalue weighted by Gasteiger charge is -2.40. The highest BCUT2D eigenvalue weighted by Gasteiger charge is 2.34. The van der Waals surface area contributed by atoms with Gasteiger partial charge in [-0.1, -0.05) is 24.4 Å². The van der Waals surface area contributed by atoms with E-state index in [9.17, 15) is 4.79 Å². The predicted molar refractivity (Wildman–Crippen MR) is 77.7 cm³/mol. The van der Waals surface area contributed by atoms with E-state index in [-0.39, 0.29) is 11.8 Å². The molecular weight excluding hydrogens is 258 g/mol. The fraction of sp³-hybridized carbons (Fsp3) is 0.562. The van der Waals surface area contributed by atoms with Crippen molar-refractivity contribution in [3.05, 3.63) is 34.9 Å². The van der Waals surface area contributed by atoms with Crippen LogP contribution in [0.25, 0.3) is 0 Å². The van der Waals surface area contributed by atoms with Crippen molar-refractivity contribution in [3.63, 3.8) is 0 Å². The second-order valence-corrected chi connectivity index (χ2v) is 6.26. The van der Waals surface area contributed by atoms with Gasteiger partial charge in [-0.05, 0) is 55.9 Å². The second kappa shape index (κ2) is 5.64. The number of halogens is 1. The Balaban J connectivity index is 1.69. The Kier molecular flexibility index (Phi) is 3.90. The summed E-state index contributed by atoms with van der Waals surface area (Å²) in [5.74, 6) is 1.02. The summed E-state index contributed by atoms with van der Waals surface area (Å²) < 4.78 is 0. The molecule has 1 aromatic carbocycles. The van der Waals surface area contributed by atoms with Gasteiger partial charge in [0.25, 0.3) is 0 Å². The van der Waals surface area contributed by atoms with Crippen molar-refractivity contribution in [2.75, 3.05) is 0 Å². The van der Waals surface area contributed by atoms with E-state index in [1.807, 2.05) is 12.1 Å². The summed E-state index contributed by atoms with van der Waals surface area (Å²) in [6, 6.07) is 7.81. The molecule has 1 saturated carbocycles. The number of nitrogens with one attached hydrogen (secondary N) is 1. The van der Waals surface area contributed by atoms with E-state index in [0.717, 1.165) is 17.9 Å². The SMILES string of the molecule is O=C(c1ccc(Cl)cc1)C1CCC2CCCCC2N1. The number of fused-ring (bicyclic) bond motifs is 1. The summed E-state index contributed by atoms with van der Waals surface area (Å²) in [4.78, 5) is 12.5. The van der Waals surface area contributed by atoms with E-state index in [1.165, 1.54) is 32.1 Å². The standard InChI is InChI=1S/C16H20ClNO/c17-13-8-5-12(6-9-13)16(19)15-10-7-11-3-1-2-4-14(11)18-15/h5-6,8-9,11,14-15,18H,1-4,7,10H2. The minimum absolute atomic E-state index is 0.000487. The van der Waals surface area contributed by atoms with Crippen LogP contribution in [0.2, 0.25) is 5.02 Å². The van der Waals surface area contributed by atoms with E-state index in [1.54, 1.807) is 12.1 Å². The van der Waals surface area contributed by atoms with Crippen molar-refractivity contribution in [2.45, 2.75) is 50.6 Å². The fourth-order valence-corrected chi connectivity index (χ4v) is 3.64. The van der Waals surface area contributed by atoms with Crippen LogP contribution in [0.4, 0.5) is 0 Å². The third-order valence-corrected chi connectivity index (χ3v) is 4.85. The zero-order valence-electron chi connectivity index (χ0n) is 11.1. The van der Waals surface area contributed by atoms with Crippen molar-refractivity contribution >= 4 is 17.4 Å². The first kappa shape index (κ1) is 13.1. The number of hydrogen-bond donors (Lipinski definition) is 1. The monoisotopic (exact) mass is 277 g/mol. The van der Waals surface area contributed by atoms with E-state index in [0.29, 0.717) is 11.1 Å². The molecule has 1 aliphatic heterocycles. The van der Waals surface area contributed by atoms with Crippen LogP contribution in [-0.2, 0) is 0 Å². The van der Waals surface area contributed by atoms with Gasteiger partial charge in [0.2, 0.25) is 0 Å². The number of rotatable bonds is 2. The van der Waals surface area contributed by atoms with E-state index >= 15 is 0 Å². The van der Waals surface area contributed by atoms with Gasteiger partial charge in [0.15, 0.2) is 5.78 Å². The Bertz CT molecular complexity index is 456. The molecular formula is C16H20ClNO. The van der Waals surface area contributed by atoms with Crippen molar-refractivity contribution in [1.29, 1.82) is 0 Å². The molecule has 0 aromatic heterocycles. The van der Waals surface area contributed by atoms with Crippen LogP contribution in [0.1, 0.15) is 48.9 Å². The molecule has 1 saturated heterocycles. The molecule has 1 aromatic rings. The van der Waals surface area contributed by atoms with Gasteiger partial charge in [-0.15, -0.1) is 0 Å². The third kappa shape index (κ3) is 2.85. The Morgan fingerprint density at radius 3 is 2.58 bits per heavy atom. The molecule has 2 fully saturated rings. The Morgan fingerprint density at radius 2 is 1.79 bits per heavy atom. The predicted octanol–water partition coefficient (Wildman–Crippen LogP) is 3.83. The number of hydrogen-bond acceptors (Lipinski definition) is 2. The van der Waals surface area contributed by atoms with Crippen molar-refractivity contribution in [3.8, 4) is 0 Å². The molecule has 1 aliphatic carbocycles. The highest BCUT2D eigenvalue weighted by atomic mass is 35.5. The summed E-state index contributed by atoms with van der Waals surface area (Å²) in [5.41, 5.74) is 0.774. The molecule has 102 valence electrons. The fourth-order valence-electron chi connectivity index (χ4n) is 3.52. The molecule has 19 heavy (non-hydrogen) atoms. The molecule has 1 heterocycles. The van der Waals surface area contributed by atoms with E-state index in [2.05, 4.69) is 5.32 Å². The minimum atomic E-state index is 0.000487. The highest BCUT2D eigenvalue weighted by Crippen LogP contribution is 2.32. The molecule has 2 aliphatic rings. The summed E-state index contributed by atoms with van der Waals surface area (Å²) in [7, 11) is 0. The van der Waals surface area contributed by atoms with Crippen LogP contribution in [0.15, 0.2) is 24.3 Å². The first-order chi connectivity index (χ1) is 9.24. The van der Waals surface area contributed by atoms with E-state index < -0.39 is 0 Å². The number of benzene rings is 1. The van der Waals surface area contributed by atoms with Crippen LogP contribution in [0.5, 0.6) is 0 Å². The van der Waals surface area contributed by atoms with Gasteiger partial charge in [-0.25, -0.2) is 0 Å². The van der Waals surface area contributed by atoms with Crippen LogP contribution < -0.4 is 5.32 Å². The lowest BCUT2D eigenvalue weighted by atomic mass is 9.77. The molecule has 0 spiro atoms. The Labute approximate surface area is 119 Å². The molecule has 1 N–H and O–H groups in total. The number of piperidine rings is 1. The average Bonchev–Trinajstić information content (AvgIpc) is 2.47.